The molecule has 0 unspecified atom stereocenters. The van der Waals surface area contributed by atoms with E-state index < -0.39 is 11.8 Å². The molecule has 0 aromatic heterocycles. The van der Waals surface area contributed by atoms with Gasteiger partial charge in [-0.3, -0.25) is 0 Å². The first-order chi connectivity index (χ1) is 6.09. The molecule has 1 N–H and O–H groups in total. The van der Waals surface area contributed by atoms with E-state index >= 15 is 0 Å². The van der Waals surface area contributed by atoms with Crippen LogP contribution < -0.4 is 0 Å². The van der Waals surface area contributed by atoms with E-state index in [1.165, 1.54) is 0 Å². The van der Waals surface area contributed by atoms with Gasteiger partial charge in [-0.2, -0.15) is 4.39 Å². The molecule has 1 aromatic carbocycles. The van der Waals surface area contributed by atoms with Crippen molar-refractivity contribution in [3.05, 3.63) is 40.1 Å². The summed E-state index contributed by atoms with van der Waals surface area (Å²) in [6.45, 7) is 0. The summed E-state index contributed by atoms with van der Waals surface area (Å²) in [6.07, 6.45) is 0.967. The van der Waals surface area contributed by atoms with Crippen LogP contribution in [-0.4, -0.2) is 11.1 Å². The normalized spacial score (nSPS) is 11.4. The fourth-order valence-corrected chi connectivity index (χ4v) is 1.03. The minimum absolute atomic E-state index is 0.517. The molecule has 0 bridgehead atoms. The van der Waals surface area contributed by atoms with Crippen molar-refractivity contribution in [2.24, 2.45) is 0 Å². The van der Waals surface area contributed by atoms with Gasteiger partial charge in [-0.1, -0.05) is 28.1 Å². The molecular formula is C9H6BrFO2. The van der Waals surface area contributed by atoms with E-state index in [2.05, 4.69) is 15.9 Å². The molecule has 0 saturated carbocycles. The summed E-state index contributed by atoms with van der Waals surface area (Å²) in [5.41, 5.74) is 0.517. The molecule has 0 aliphatic carbocycles. The fourth-order valence-electron chi connectivity index (χ4n) is 0.767. The van der Waals surface area contributed by atoms with E-state index in [4.69, 9.17) is 5.11 Å². The number of hydrogen-bond donors (Lipinski definition) is 1. The van der Waals surface area contributed by atoms with Crippen molar-refractivity contribution >= 4 is 28.0 Å². The summed E-state index contributed by atoms with van der Waals surface area (Å²) in [6, 6.07) is 6.65. The smallest absolute Gasteiger partial charge is 0.364 e. The molecule has 13 heavy (non-hydrogen) atoms. The Morgan fingerprint density at radius 2 is 1.92 bits per heavy atom. The Hall–Kier alpha value is -1.16. The summed E-state index contributed by atoms with van der Waals surface area (Å²) in [4.78, 5) is 10.1. The lowest BCUT2D eigenvalue weighted by atomic mass is 10.2. The third kappa shape index (κ3) is 2.99. The average Bonchev–Trinajstić information content (AvgIpc) is 2.08. The minimum Gasteiger partial charge on any atom is -0.476 e. The van der Waals surface area contributed by atoms with Gasteiger partial charge in [0.05, 0.1) is 0 Å². The molecule has 0 aliphatic rings. The molecule has 4 heteroatoms. The summed E-state index contributed by atoms with van der Waals surface area (Å²) in [5.74, 6) is -2.72. The van der Waals surface area contributed by atoms with E-state index in [0.29, 0.717) is 5.56 Å². The number of carboxylic acids is 1. The van der Waals surface area contributed by atoms with Gasteiger partial charge in [0.2, 0.25) is 5.83 Å². The number of rotatable bonds is 2. The maximum atomic E-state index is 12.6. The predicted octanol–water partition coefficient (Wildman–Crippen LogP) is 2.84. The van der Waals surface area contributed by atoms with E-state index in [1.807, 2.05) is 0 Å². The fraction of sp³-hybridized carbons (Fsp3) is 0. The Morgan fingerprint density at radius 1 is 1.38 bits per heavy atom. The first-order valence-corrected chi connectivity index (χ1v) is 4.25. The number of aliphatic carboxylic acids is 1. The lowest BCUT2D eigenvalue weighted by Crippen LogP contribution is -1.93. The van der Waals surface area contributed by atoms with Gasteiger partial charge in [0.15, 0.2) is 0 Å². The van der Waals surface area contributed by atoms with E-state index in [-0.39, 0.29) is 0 Å². The molecule has 68 valence electrons. The first kappa shape index (κ1) is 9.92. The zero-order chi connectivity index (χ0) is 9.84. The van der Waals surface area contributed by atoms with Crippen LogP contribution in [0.15, 0.2) is 34.6 Å². The second kappa shape index (κ2) is 4.18. The van der Waals surface area contributed by atoms with E-state index in [0.717, 1.165) is 10.5 Å². The van der Waals surface area contributed by atoms with Gasteiger partial charge in [0.25, 0.3) is 0 Å². The molecule has 0 atom stereocenters. The third-order valence-electron chi connectivity index (χ3n) is 1.37. The lowest BCUT2D eigenvalue weighted by molar-refractivity contribution is -0.134. The molecule has 1 aromatic rings. The monoisotopic (exact) mass is 244 g/mol. The number of carboxylic acid groups (broad SMARTS) is 1. The van der Waals surface area contributed by atoms with Crippen molar-refractivity contribution in [3.8, 4) is 0 Å². The number of carbonyl (C=O) groups is 1. The Labute approximate surface area is 82.8 Å². The van der Waals surface area contributed by atoms with Gasteiger partial charge in [-0.25, -0.2) is 4.79 Å². The Kier molecular flexibility index (Phi) is 3.19. The highest BCUT2D eigenvalue weighted by molar-refractivity contribution is 9.10. The highest BCUT2D eigenvalue weighted by Crippen LogP contribution is 2.13. The highest BCUT2D eigenvalue weighted by atomic mass is 79.9. The molecule has 0 aliphatic heterocycles. The first-order valence-electron chi connectivity index (χ1n) is 3.45. The topological polar surface area (TPSA) is 37.3 Å². The van der Waals surface area contributed by atoms with Crippen LogP contribution >= 0.6 is 15.9 Å². The van der Waals surface area contributed by atoms with E-state index in [1.54, 1.807) is 24.3 Å². The average molecular weight is 245 g/mol. The quantitative estimate of drug-likeness (QED) is 0.813. The minimum atomic E-state index is -1.55. The second-order valence-corrected chi connectivity index (χ2v) is 3.26. The summed E-state index contributed by atoms with van der Waals surface area (Å²) in [5, 5.41) is 8.25. The van der Waals surface area contributed by atoms with Crippen molar-refractivity contribution in [1.82, 2.24) is 0 Å². The van der Waals surface area contributed by atoms with Gasteiger partial charge in [0, 0.05) is 4.47 Å². The van der Waals surface area contributed by atoms with Crippen molar-refractivity contribution in [1.29, 1.82) is 0 Å². The molecule has 0 amide bonds. The van der Waals surface area contributed by atoms with Crippen LogP contribution in [0.4, 0.5) is 4.39 Å². The van der Waals surface area contributed by atoms with Crippen LogP contribution in [0.5, 0.6) is 0 Å². The van der Waals surface area contributed by atoms with Crippen molar-refractivity contribution in [3.63, 3.8) is 0 Å². The molecule has 0 fully saturated rings. The second-order valence-electron chi connectivity index (χ2n) is 2.35. The summed E-state index contributed by atoms with van der Waals surface area (Å²) < 4.78 is 13.4. The van der Waals surface area contributed by atoms with E-state index in [9.17, 15) is 9.18 Å². The molecule has 0 heterocycles. The Balaban J connectivity index is 2.92. The Bertz CT molecular complexity index is 343. The lowest BCUT2D eigenvalue weighted by Gasteiger charge is -1.93. The van der Waals surface area contributed by atoms with Crippen LogP contribution in [0.3, 0.4) is 0 Å². The molecule has 0 saturated heterocycles. The maximum Gasteiger partial charge on any atom is 0.364 e. The van der Waals surface area contributed by atoms with Crippen molar-refractivity contribution in [2.75, 3.05) is 0 Å². The third-order valence-corrected chi connectivity index (χ3v) is 1.90. The standard InChI is InChI=1S/C9H6BrFO2/c10-7-3-1-6(2-4-7)5-8(11)9(12)13/h1-5H,(H,12,13)/b8-5-. The number of halogens is 2. The van der Waals surface area contributed by atoms with Crippen LogP contribution in [0.25, 0.3) is 6.08 Å². The summed E-state index contributed by atoms with van der Waals surface area (Å²) in [7, 11) is 0. The van der Waals surface area contributed by atoms with Gasteiger partial charge in [-0.15, -0.1) is 0 Å². The van der Waals surface area contributed by atoms with Crippen molar-refractivity contribution < 1.29 is 14.3 Å². The molecule has 2 nitrogen and oxygen atoms in total. The van der Waals surface area contributed by atoms with Crippen LogP contribution in [0.2, 0.25) is 0 Å². The molecule has 0 spiro atoms. The zero-order valence-corrected chi connectivity index (χ0v) is 8.08. The molecule has 1 rings (SSSR count). The van der Waals surface area contributed by atoms with Crippen LogP contribution in [0.1, 0.15) is 5.56 Å². The van der Waals surface area contributed by atoms with Crippen LogP contribution in [0, 0.1) is 0 Å². The van der Waals surface area contributed by atoms with Crippen molar-refractivity contribution in [2.45, 2.75) is 0 Å². The van der Waals surface area contributed by atoms with Crippen LogP contribution in [-0.2, 0) is 4.79 Å². The largest absolute Gasteiger partial charge is 0.476 e. The van der Waals surface area contributed by atoms with Gasteiger partial charge >= 0.3 is 5.97 Å². The predicted molar refractivity (Wildman–Crippen MR) is 50.9 cm³/mol. The maximum absolute atomic E-state index is 12.6. The highest BCUT2D eigenvalue weighted by Gasteiger charge is 2.04. The zero-order valence-electron chi connectivity index (χ0n) is 6.50. The number of benzene rings is 1. The number of hydrogen-bond acceptors (Lipinski definition) is 1. The Morgan fingerprint density at radius 3 is 2.38 bits per heavy atom. The SMILES string of the molecule is O=C(O)/C(F)=C/c1ccc(Br)cc1. The molecule has 0 radical (unpaired) electrons. The summed E-state index contributed by atoms with van der Waals surface area (Å²) >= 11 is 3.21. The van der Waals surface area contributed by atoms with Gasteiger partial charge in [0.1, 0.15) is 0 Å². The molecular weight excluding hydrogens is 239 g/mol. The van der Waals surface area contributed by atoms with Gasteiger partial charge < -0.3 is 5.11 Å². The van der Waals surface area contributed by atoms with Gasteiger partial charge in [-0.05, 0) is 23.8 Å².